The van der Waals surface area contributed by atoms with Gasteiger partial charge in [0.2, 0.25) is 5.78 Å². The van der Waals surface area contributed by atoms with E-state index in [2.05, 4.69) is 15.9 Å². The molecule has 3 aromatic carbocycles. The number of carbonyl (C=O) groups is 2. The van der Waals surface area contributed by atoms with Gasteiger partial charge in [-0.05, 0) is 59.7 Å². The molecule has 8 heteroatoms. The zero-order chi connectivity index (χ0) is 24.0. The monoisotopic (exact) mass is 523 g/mol. The Morgan fingerprint density at radius 1 is 0.971 bits per heavy atom. The Morgan fingerprint density at radius 3 is 2.29 bits per heavy atom. The van der Waals surface area contributed by atoms with Gasteiger partial charge in [0.15, 0.2) is 11.5 Å². The number of amides is 1. The Kier molecular flexibility index (Phi) is 5.53. The van der Waals surface area contributed by atoms with Gasteiger partial charge in [-0.3, -0.25) is 9.59 Å². The van der Waals surface area contributed by atoms with Crippen molar-refractivity contribution in [3.63, 3.8) is 0 Å². The van der Waals surface area contributed by atoms with Crippen molar-refractivity contribution in [1.82, 2.24) is 4.90 Å². The van der Waals surface area contributed by atoms with Crippen LogP contribution >= 0.6 is 15.9 Å². The molecule has 0 fully saturated rings. The standard InChI is InChI=1S/C26H16BrF2NO4/c27-17-5-10-20-16(11-17)12-21(34-20)24(31)22-23(15-3-8-19(29)9-4-15)30(26(33)25(22)32)13-14-1-6-18(28)7-2-14/h1-12,23,32H,13H2. The van der Waals surface area contributed by atoms with Crippen molar-refractivity contribution < 1.29 is 27.9 Å². The zero-order valence-electron chi connectivity index (χ0n) is 17.5. The number of benzene rings is 3. The number of fused-ring (bicyclic) bond motifs is 1. The Bertz CT molecular complexity index is 1460. The SMILES string of the molecule is O=C(C1=C(O)C(=O)N(Cc2ccc(F)cc2)C1c1ccc(F)cc1)c1cc2cc(Br)ccc2o1. The number of carbonyl (C=O) groups excluding carboxylic acids is 2. The molecular formula is C26H16BrF2NO4. The molecule has 1 aliphatic heterocycles. The molecule has 0 aliphatic carbocycles. The number of hydrogen-bond donors (Lipinski definition) is 1. The molecule has 0 saturated carbocycles. The van der Waals surface area contributed by atoms with Gasteiger partial charge in [0.05, 0.1) is 11.6 Å². The highest BCUT2D eigenvalue weighted by atomic mass is 79.9. The molecule has 4 aromatic rings. The van der Waals surface area contributed by atoms with E-state index in [1.54, 1.807) is 18.2 Å². The summed E-state index contributed by atoms with van der Waals surface area (Å²) in [5, 5.41) is 11.4. The summed E-state index contributed by atoms with van der Waals surface area (Å²) in [5.74, 6) is -3.08. The average Bonchev–Trinajstić information content (AvgIpc) is 3.35. The molecule has 1 atom stereocenters. The number of ketones is 1. The highest BCUT2D eigenvalue weighted by Crippen LogP contribution is 2.40. The first kappa shape index (κ1) is 22.0. The fourth-order valence-corrected chi connectivity index (χ4v) is 4.46. The van der Waals surface area contributed by atoms with Gasteiger partial charge in [-0.1, -0.05) is 40.2 Å². The normalized spacial score (nSPS) is 16.0. The lowest BCUT2D eigenvalue weighted by molar-refractivity contribution is -0.130. The summed E-state index contributed by atoms with van der Waals surface area (Å²) in [5.41, 5.74) is 1.33. The predicted molar refractivity (Wildman–Crippen MR) is 124 cm³/mol. The first-order valence-corrected chi connectivity index (χ1v) is 11.1. The van der Waals surface area contributed by atoms with E-state index in [9.17, 15) is 23.5 Å². The van der Waals surface area contributed by atoms with Gasteiger partial charge in [0.1, 0.15) is 17.2 Å². The number of aliphatic hydroxyl groups excluding tert-OH is 1. The minimum absolute atomic E-state index is 0.00489. The van der Waals surface area contributed by atoms with Gasteiger partial charge < -0.3 is 14.4 Å². The summed E-state index contributed by atoms with van der Waals surface area (Å²) in [6, 6.07) is 16.7. The first-order valence-electron chi connectivity index (χ1n) is 10.3. The first-order chi connectivity index (χ1) is 16.3. The fraction of sp³-hybridized carbons (Fsp3) is 0.0769. The van der Waals surface area contributed by atoms with Crippen molar-refractivity contribution in [3.05, 3.63) is 117 Å². The van der Waals surface area contributed by atoms with Crippen LogP contribution in [-0.2, 0) is 11.3 Å². The quantitative estimate of drug-likeness (QED) is 0.314. The van der Waals surface area contributed by atoms with Gasteiger partial charge in [0.25, 0.3) is 5.91 Å². The van der Waals surface area contributed by atoms with Crippen molar-refractivity contribution in [2.24, 2.45) is 0 Å². The third-order valence-corrected chi connectivity index (χ3v) is 6.20. The maximum atomic E-state index is 13.6. The number of nitrogens with zero attached hydrogens (tertiary/aromatic N) is 1. The largest absolute Gasteiger partial charge is 0.503 e. The summed E-state index contributed by atoms with van der Waals surface area (Å²) >= 11 is 3.37. The van der Waals surface area contributed by atoms with Crippen LogP contribution in [0, 0.1) is 11.6 Å². The molecule has 0 radical (unpaired) electrons. The fourth-order valence-electron chi connectivity index (χ4n) is 4.09. The number of furan rings is 1. The Hall–Kier alpha value is -3.78. The summed E-state index contributed by atoms with van der Waals surface area (Å²) in [7, 11) is 0. The second-order valence-electron chi connectivity index (χ2n) is 7.90. The molecule has 0 saturated heterocycles. The van der Waals surface area contributed by atoms with Crippen LogP contribution in [0.2, 0.25) is 0 Å². The number of rotatable bonds is 5. The van der Waals surface area contributed by atoms with Crippen LogP contribution in [0.4, 0.5) is 8.78 Å². The predicted octanol–water partition coefficient (Wildman–Crippen LogP) is 6.25. The molecule has 1 aromatic heterocycles. The summed E-state index contributed by atoms with van der Waals surface area (Å²) in [4.78, 5) is 27.9. The van der Waals surface area contributed by atoms with Crippen LogP contribution in [-0.4, -0.2) is 21.7 Å². The highest BCUT2D eigenvalue weighted by molar-refractivity contribution is 9.10. The summed E-state index contributed by atoms with van der Waals surface area (Å²) in [6.07, 6.45) is 0. The Labute approximate surface area is 201 Å². The summed E-state index contributed by atoms with van der Waals surface area (Å²) < 4.78 is 33.5. The van der Waals surface area contributed by atoms with Gasteiger partial charge in [-0.2, -0.15) is 0 Å². The van der Waals surface area contributed by atoms with Gasteiger partial charge in [-0.25, -0.2) is 8.78 Å². The van der Waals surface area contributed by atoms with E-state index in [1.165, 1.54) is 59.5 Å². The molecule has 34 heavy (non-hydrogen) atoms. The van der Waals surface area contributed by atoms with Gasteiger partial charge in [0, 0.05) is 16.4 Å². The van der Waals surface area contributed by atoms with Crippen molar-refractivity contribution in [2.45, 2.75) is 12.6 Å². The average molecular weight is 524 g/mol. The van der Waals surface area contributed by atoms with E-state index < -0.39 is 35.1 Å². The van der Waals surface area contributed by atoms with Crippen molar-refractivity contribution >= 4 is 38.6 Å². The molecule has 1 unspecified atom stereocenters. The second kappa shape index (κ2) is 8.53. The number of halogens is 3. The lowest BCUT2D eigenvalue weighted by atomic mass is 9.94. The lowest BCUT2D eigenvalue weighted by Gasteiger charge is -2.26. The van der Waals surface area contributed by atoms with Crippen LogP contribution in [0.3, 0.4) is 0 Å². The number of aliphatic hydroxyl groups is 1. The van der Waals surface area contributed by atoms with Crippen LogP contribution in [0.5, 0.6) is 0 Å². The topological polar surface area (TPSA) is 70.8 Å². The van der Waals surface area contributed by atoms with E-state index in [1.807, 2.05) is 0 Å². The van der Waals surface area contributed by atoms with Crippen LogP contribution in [0.25, 0.3) is 11.0 Å². The Balaban J connectivity index is 1.59. The van der Waals surface area contributed by atoms with Gasteiger partial charge >= 0.3 is 0 Å². The van der Waals surface area contributed by atoms with Crippen molar-refractivity contribution in [3.8, 4) is 0 Å². The molecule has 5 nitrogen and oxygen atoms in total. The van der Waals surface area contributed by atoms with E-state index in [-0.39, 0.29) is 17.9 Å². The number of Topliss-reactive ketones (excluding diaryl/α,β-unsaturated/α-hetero) is 1. The van der Waals surface area contributed by atoms with E-state index in [0.717, 1.165) is 4.47 Å². The molecular weight excluding hydrogens is 508 g/mol. The van der Waals surface area contributed by atoms with Crippen molar-refractivity contribution in [1.29, 1.82) is 0 Å². The van der Waals surface area contributed by atoms with E-state index >= 15 is 0 Å². The minimum Gasteiger partial charge on any atom is -0.503 e. The van der Waals surface area contributed by atoms with Crippen LogP contribution in [0.15, 0.2) is 93.0 Å². The minimum atomic E-state index is -0.995. The molecule has 1 amide bonds. The van der Waals surface area contributed by atoms with E-state index in [0.29, 0.717) is 22.1 Å². The lowest BCUT2D eigenvalue weighted by Crippen LogP contribution is -2.30. The van der Waals surface area contributed by atoms with Crippen molar-refractivity contribution in [2.75, 3.05) is 0 Å². The molecule has 1 aliphatic rings. The molecule has 170 valence electrons. The van der Waals surface area contributed by atoms with Crippen LogP contribution in [0.1, 0.15) is 27.7 Å². The molecule has 5 rings (SSSR count). The summed E-state index contributed by atoms with van der Waals surface area (Å²) in [6.45, 7) is -0.00489. The van der Waals surface area contributed by atoms with E-state index in [4.69, 9.17) is 4.42 Å². The van der Waals surface area contributed by atoms with Gasteiger partial charge in [-0.15, -0.1) is 0 Å². The van der Waals surface area contributed by atoms with Crippen LogP contribution < -0.4 is 0 Å². The number of hydrogen-bond acceptors (Lipinski definition) is 4. The third-order valence-electron chi connectivity index (χ3n) is 5.70. The maximum absolute atomic E-state index is 13.6. The Morgan fingerprint density at radius 2 is 1.62 bits per heavy atom. The molecule has 0 spiro atoms. The second-order valence-corrected chi connectivity index (χ2v) is 8.81. The molecule has 0 bridgehead atoms. The molecule has 1 N–H and O–H groups in total. The third kappa shape index (κ3) is 3.90. The maximum Gasteiger partial charge on any atom is 0.290 e. The molecule has 2 heterocycles. The smallest absolute Gasteiger partial charge is 0.290 e. The zero-order valence-corrected chi connectivity index (χ0v) is 19.1. The highest BCUT2D eigenvalue weighted by Gasteiger charge is 2.44.